The van der Waals surface area contributed by atoms with E-state index in [1.54, 1.807) is 18.3 Å². The Kier molecular flexibility index (Phi) is 4.90. The standard InChI is InChI=1S/C15H15N5O3S/c1-2-8-19-9-7-16-15(19)24-10-13-17-18-14(23-13)11-3-5-12(6-4-11)20(21)22/h3-7,9H,2,8,10H2,1H3. The Balaban J connectivity index is 1.67. The minimum absolute atomic E-state index is 0.0248. The number of thioether (sulfide) groups is 1. The molecule has 0 atom stereocenters. The normalized spacial score (nSPS) is 10.9. The maximum atomic E-state index is 10.7. The Bertz CT molecular complexity index is 828. The highest BCUT2D eigenvalue weighted by molar-refractivity contribution is 7.98. The molecule has 2 aromatic heterocycles. The fourth-order valence-electron chi connectivity index (χ4n) is 2.13. The van der Waals surface area contributed by atoms with E-state index < -0.39 is 4.92 Å². The largest absolute Gasteiger partial charge is 0.420 e. The number of aryl methyl sites for hydroxylation is 1. The lowest BCUT2D eigenvalue weighted by molar-refractivity contribution is -0.384. The molecule has 0 amide bonds. The fourth-order valence-corrected chi connectivity index (χ4v) is 2.95. The number of aromatic nitrogens is 4. The van der Waals surface area contributed by atoms with Crippen molar-refractivity contribution < 1.29 is 9.34 Å². The van der Waals surface area contributed by atoms with Gasteiger partial charge in [0.15, 0.2) is 5.16 Å². The first-order valence-corrected chi connectivity index (χ1v) is 8.37. The van der Waals surface area contributed by atoms with Crippen LogP contribution in [0.4, 0.5) is 5.69 Å². The van der Waals surface area contributed by atoms with Crippen molar-refractivity contribution in [2.75, 3.05) is 0 Å². The molecule has 124 valence electrons. The highest BCUT2D eigenvalue weighted by atomic mass is 32.2. The van der Waals surface area contributed by atoms with E-state index in [1.807, 2.05) is 6.20 Å². The van der Waals surface area contributed by atoms with Crippen molar-refractivity contribution in [1.82, 2.24) is 19.7 Å². The number of hydrogen-bond acceptors (Lipinski definition) is 7. The lowest BCUT2D eigenvalue weighted by atomic mass is 10.2. The highest BCUT2D eigenvalue weighted by Crippen LogP contribution is 2.25. The molecule has 2 heterocycles. The van der Waals surface area contributed by atoms with Crippen LogP contribution in [0.25, 0.3) is 11.5 Å². The molecule has 3 rings (SSSR count). The molecule has 0 unspecified atom stereocenters. The van der Waals surface area contributed by atoms with E-state index in [0.29, 0.717) is 23.1 Å². The Labute approximate surface area is 142 Å². The second kappa shape index (κ2) is 7.26. The monoisotopic (exact) mass is 345 g/mol. The zero-order valence-corrected chi connectivity index (χ0v) is 13.8. The van der Waals surface area contributed by atoms with Crippen LogP contribution in [-0.4, -0.2) is 24.7 Å². The van der Waals surface area contributed by atoms with Crippen molar-refractivity contribution in [3.8, 4) is 11.5 Å². The Morgan fingerprint density at radius 1 is 1.29 bits per heavy atom. The van der Waals surface area contributed by atoms with Crippen molar-refractivity contribution in [2.24, 2.45) is 0 Å². The smallest absolute Gasteiger partial charge is 0.269 e. The summed E-state index contributed by atoms with van der Waals surface area (Å²) in [5.41, 5.74) is 0.675. The summed E-state index contributed by atoms with van der Waals surface area (Å²) in [6.07, 6.45) is 4.75. The van der Waals surface area contributed by atoms with Crippen LogP contribution in [0.2, 0.25) is 0 Å². The summed E-state index contributed by atoms with van der Waals surface area (Å²) in [7, 11) is 0. The predicted octanol–water partition coefficient (Wildman–Crippen LogP) is 3.54. The predicted molar refractivity (Wildman–Crippen MR) is 88.5 cm³/mol. The lowest BCUT2D eigenvalue weighted by Crippen LogP contribution is -1.97. The molecule has 0 aliphatic rings. The van der Waals surface area contributed by atoms with Gasteiger partial charge in [-0.15, -0.1) is 10.2 Å². The zero-order chi connectivity index (χ0) is 16.9. The molecular formula is C15H15N5O3S. The summed E-state index contributed by atoms with van der Waals surface area (Å²) < 4.78 is 7.70. The first kappa shape index (κ1) is 16.2. The number of nitro benzene ring substituents is 1. The van der Waals surface area contributed by atoms with Gasteiger partial charge in [-0.25, -0.2) is 4.98 Å². The van der Waals surface area contributed by atoms with E-state index in [4.69, 9.17) is 4.42 Å². The van der Waals surface area contributed by atoms with Crippen LogP contribution < -0.4 is 0 Å². The van der Waals surface area contributed by atoms with Gasteiger partial charge in [-0.2, -0.15) is 0 Å². The molecule has 0 bridgehead atoms. The molecule has 8 nitrogen and oxygen atoms in total. The van der Waals surface area contributed by atoms with Crippen molar-refractivity contribution >= 4 is 17.4 Å². The molecule has 0 fully saturated rings. The van der Waals surface area contributed by atoms with E-state index in [1.165, 1.54) is 23.9 Å². The minimum Gasteiger partial charge on any atom is -0.420 e. The molecule has 0 N–H and O–H groups in total. The van der Waals surface area contributed by atoms with Gasteiger partial charge in [0, 0.05) is 36.6 Å². The first-order chi connectivity index (χ1) is 11.7. The number of nitrogens with zero attached hydrogens (tertiary/aromatic N) is 5. The first-order valence-electron chi connectivity index (χ1n) is 7.38. The van der Waals surface area contributed by atoms with Gasteiger partial charge in [0.1, 0.15) is 0 Å². The number of nitro groups is 1. The number of imidazole rings is 1. The molecule has 3 aromatic rings. The summed E-state index contributed by atoms with van der Waals surface area (Å²) in [4.78, 5) is 14.5. The van der Waals surface area contributed by atoms with E-state index in [-0.39, 0.29) is 5.69 Å². The molecule has 0 radical (unpaired) electrons. The quantitative estimate of drug-likeness (QED) is 0.367. The van der Waals surface area contributed by atoms with Gasteiger partial charge in [-0.05, 0) is 18.6 Å². The Morgan fingerprint density at radius 3 is 2.79 bits per heavy atom. The number of non-ortho nitro benzene ring substituents is 1. The van der Waals surface area contributed by atoms with E-state index in [0.717, 1.165) is 18.1 Å². The maximum absolute atomic E-state index is 10.7. The third-order valence-electron chi connectivity index (χ3n) is 3.26. The summed E-state index contributed by atoms with van der Waals surface area (Å²) in [5.74, 6) is 1.34. The summed E-state index contributed by atoms with van der Waals surface area (Å²) in [6.45, 7) is 3.03. The molecule has 0 saturated heterocycles. The van der Waals surface area contributed by atoms with Crippen LogP contribution in [0.3, 0.4) is 0 Å². The average molecular weight is 345 g/mol. The van der Waals surface area contributed by atoms with Crippen LogP contribution in [0.15, 0.2) is 46.2 Å². The van der Waals surface area contributed by atoms with Gasteiger partial charge in [0.25, 0.3) is 5.69 Å². The Morgan fingerprint density at radius 2 is 2.08 bits per heavy atom. The van der Waals surface area contributed by atoms with Gasteiger partial charge in [0.05, 0.1) is 10.7 Å². The van der Waals surface area contributed by atoms with E-state index in [2.05, 4.69) is 26.7 Å². The van der Waals surface area contributed by atoms with Crippen LogP contribution in [0.5, 0.6) is 0 Å². The topological polar surface area (TPSA) is 99.9 Å². The van der Waals surface area contributed by atoms with Crippen LogP contribution >= 0.6 is 11.8 Å². The van der Waals surface area contributed by atoms with Crippen molar-refractivity contribution in [3.63, 3.8) is 0 Å². The van der Waals surface area contributed by atoms with Crippen LogP contribution in [-0.2, 0) is 12.3 Å². The molecule has 9 heteroatoms. The second-order valence-corrected chi connectivity index (χ2v) is 5.94. The number of rotatable bonds is 7. The lowest BCUT2D eigenvalue weighted by Gasteiger charge is -2.03. The van der Waals surface area contributed by atoms with Crippen molar-refractivity contribution in [1.29, 1.82) is 0 Å². The fraction of sp³-hybridized carbons (Fsp3) is 0.267. The van der Waals surface area contributed by atoms with E-state index >= 15 is 0 Å². The second-order valence-electron chi connectivity index (χ2n) is 5.00. The van der Waals surface area contributed by atoms with Crippen molar-refractivity contribution in [3.05, 3.63) is 52.7 Å². The van der Waals surface area contributed by atoms with Gasteiger partial charge in [-0.1, -0.05) is 18.7 Å². The molecule has 1 aromatic carbocycles. The van der Waals surface area contributed by atoms with Gasteiger partial charge < -0.3 is 8.98 Å². The van der Waals surface area contributed by atoms with Crippen LogP contribution in [0, 0.1) is 10.1 Å². The molecular weight excluding hydrogens is 330 g/mol. The molecule has 0 aliphatic heterocycles. The highest BCUT2D eigenvalue weighted by Gasteiger charge is 2.12. The van der Waals surface area contributed by atoms with Crippen LogP contribution in [0.1, 0.15) is 19.2 Å². The van der Waals surface area contributed by atoms with Gasteiger partial charge in [0.2, 0.25) is 11.8 Å². The summed E-state index contributed by atoms with van der Waals surface area (Å²) in [6, 6.07) is 6.01. The maximum Gasteiger partial charge on any atom is 0.269 e. The summed E-state index contributed by atoms with van der Waals surface area (Å²) in [5, 5.41) is 19.6. The van der Waals surface area contributed by atoms with Gasteiger partial charge in [-0.3, -0.25) is 10.1 Å². The molecule has 24 heavy (non-hydrogen) atoms. The minimum atomic E-state index is -0.446. The molecule has 0 spiro atoms. The third kappa shape index (κ3) is 3.62. The Hall–Kier alpha value is -2.68. The van der Waals surface area contributed by atoms with Gasteiger partial charge >= 0.3 is 0 Å². The van der Waals surface area contributed by atoms with E-state index in [9.17, 15) is 10.1 Å². The zero-order valence-electron chi connectivity index (χ0n) is 13.0. The number of benzene rings is 1. The number of hydrogen-bond donors (Lipinski definition) is 0. The summed E-state index contributed by atoms with van der Waals surface area (Å²) >= 11 is 1.53. The SMILES string of the molecule is CCCn1ccnc1SCc1nnc(-c2ccc([N+](=O)[O-])cc2)o1. The third-order valence-corrected chi connectivity index (χ3v) is 4.25. The average Bonchev–Trinajstić information content (AvgIpc) is 3.23. The molecule has 0 saturated carbocycles. The molecule has 0 aliphatic carbocycles. The van der Waals surface area contributed by atoms with Crippen molar-refractivity contribution in [2.45, 2.75) is 30.8 Å².